The second-order valence-corrected chi connectivity index (χ2v) is 4.82. The molecule has 0 aliphatic heterocycles. The molecule has 20 heavy (non-hydrogen) atoms. The number of nitrogens with one attached hydrogen (secondary N) is 1. The Morgan fingerprint density at radius 3 is 2.30 bits per heavy atom. The summed E-state index contributed by atoms with van der Waals surface area (Å²) in [7, 11) is 0. The number of anilines is 1. The van der Waals surface area contributed by atoms with E-state index in [1.54, 1.807) is 0 Å². The van der Waals surface area contributed by atoms with Gasteiger partial charge in [0.05, 0.1) is 11.7 Å². The zero-order valence-electron chi connectivity index (χ0n) is 11.8. The summed E-state index contributed by atoms with van der Waals surface area (Å²) >= 11 is 0. The van der Waals surface area contributed by atoms with Gasteiger partial charge in [-0.15, -0.1) is 0 Å². The minimum absolute atomic E-state index is 0.0304. The van der Waals surface area contributed by atoms with E-state index >= 15 is 0 Å². The Kier molecular flexibility index (Phi) is 4.72. The second-order valence-electron chi connectivity index (χ2n) is 4.82. The number of benzene rings is 2. The minimum Gasteiger partial charge on any atom is -0.376 e. The Morgan fingerprint density at radius 1 is 1.00 bits per heavy atom. The van der Waals surface area contributed by atoms with Crippen LogP contribution in [0.25, 0.3) is 0 Å². The van der Waals surface area contributed by atoms with Crippen LogP contribution in [-0.4, -0.2) is 0 Å². The van der Waals surface area contributed by atoms with Crippen LogP contribution < -0.4 is 5.32 Å². The molecule has 106 valence electrons. The Bertz CT molecular complexity index is 564. The summed E-state index contributed by atoms with van der Waals surface area (Å²) in [6.07, 6.45) is 1.78. The molecule has 1 unspecified atom stereocenters. The van der Waals surface area contributed by atoms with Crippen molar-refractivity contribution in [2.45, 2.75) is 32.7 Å². The monoisotopic (exact) mass is 275 g/mol. The van der Waals surface area contributed by atoms with E-state index in [1.807, 2.05) is 19.1 Å². The number of rotatable bonds is 5. The summed E-state index contributed by atoms with van der Waals surface area (Å²) in [6, 6.07) is 11.6. The first-order valence-electron chi connectivity index (χ1n) is 6.94. The van der Waals surface area contributed by atoms with E-state index in [9.17, 15) is 8.78 Å². The van der Waals surface area contributed by atoms with Gasteiger partial charge in [-0.3, -0.25) is 0 Å². The lowest BCUT2D eigenvalue weighted by Crippen LogP contribution is -2.11. The van der Waals surface area contributed by atoms with Crippen LogP contribution >= 0.6 is 0 Å². The van der Waals surface area contributed by atoms with E-state index < -0.39 is 11.6 Å². The van der Waals surface area contributed by atoms with Crippen molar-refractivity contribution in [3.63, 3.8) is 0 Å². The van der Waals surface area contributed by atoms with E-state index in [4.69, 9.17) is 0 Å². The number of hydrogen-bond acceptors (Lipinski definition) is 1. The molecule has 0 fully saturated rings. The van der Waals surface area contributed by atoms with Crippen molar-refractivity contribution < 1.29 is 8.78 Å². The van der Waals surface area contributed by atoms with Gasteiger partial charge in [0.2, 0.25) is 0 Å². The maximum atomic E-state index is 13.7. The fourth-order valence-corrected chi connectivity index (χ4v) is 2.20. The second kappa shape index (κ2) is 6.51. The average molecular weight is 275 g/mol. The molecule has 0 saturated heterocycles. The summed E-state index contributed by atoms with van der Waals surface area (Å²) in [4.78, 5) is 0. The molecule has 0 aliphatic carbocycles. The molecule has 0 aliphatic rings. The van der Waals surface area contributed by atoms with E-state index in [0.29, 0.717) is 0 Å². The van der Waals surface area contributed by atoms with E-state index in [0.717, 1.165) is 30.5 Å². The molecule has 2 aromatic carbocycles. The predicted octanol–water partition coefficient (Wildman–Crippen LogP) is 5.09. The predicted molar refractivity (Wildman–Crippen MR) is 78.8 cm³/mol. The molecule has 0 bridgehead atoms. The molecule has 2 aromatic rings. The van der Waals surface area contributed by atoms with Gasteiger partial charge in [0.15, 0.2) is 0 Å². The summed E-state index contributed by atoms with van der Waals surface area (Å²) < 4.78 is 26.9. The first kappa shape index (κ1) is 14.5. The van der Waals surface area contributed by atoms with Crippen LogP contribution in [0.2, 0.25) is 0 Å². The van der Waals surface area contributed by atoms with Crippen molar-refractivity contribution in [1.82, 2.24) is 0 Å². The molecule has 1 nitrogen and oxygen atoms in total. The average Bonchev–Trinajstić information content (AvgIpc) is 2.48. The van der Waals surface area contributed by atoms with Crippen LogP contribution in [0.4, 0.5) is 14.5 Å². The molecule has 0 radical (unpaired) electrons. The third-order valence-corrected chi connectivity index (χ3v) is 3.46. The van der Waals surface area contributed by atoms with Gasteiger partial charge in [-0.2, -0.15) is 0 Å². The lowest BCUT2D eigenvalue weighted by molar-refractivity contribution is 0.598. The van der Waals surface area contributed by atoms with Crippen molar-refractivity contribution in [2.75, 3.05) is 5.32 Å². The van der Waals surface area contributed by atoms with Crippen molar-refractivity contribution in [3.8, 4) is 0 Å². The number of aryl methyl sites for hydroxylation is 1. The number of halogens is 2. The molecule has 0 saturated carbocycles. The largest absolute Gasteiger partial charge is 0.376 e. The zero-order valence-corrected chi connectivity index (χ0v) is 11.8. The molecule has 0 aromatic heterocycles. The van der Waals surface area contributed by atoms with Gasteiger partial charge in [0, 0.05) is 0 Å². The highest BCUT2D eigenvalue weighted by Gasteiger charge is 2.12. The molecule has 0 heterocycles. The van der Waals surface area contributed by atoms with E-state index in [1.165, 1.54) is 11.6 Å². The standard InChI is InChI=1S/C17H19F2N/c1-3-12-5-7-13(8-6-12)16(4-2)20-17-11-14(18)9-10-15(17)19/h5-11,16,20H,3-4H2,1-2H3. The highest BCUT2D eigenvalue weighted by Crippen LogP contribution is 2.25. The molecule has 1 N–H and O–H groups in total. The van der Waals surface area contributed by atoms with Crippen molar-refractivity contribution >= 4 is 5.69 Å². The van der Waals surface area contributed by atoms with Crippen molar-refractivity contribution in [3.05, 3.63) is 65.2 Å². The normalized spacial score (nSPS) is 12.2. The van der Waals surface area contributed by atoms with Gasteiger partial charge < -0.3 is 5.32 Å². The van der Waals surface area contributed by atoms with Gasteiger partial charge >= 0.3 is 0 Å². The maximum Gasteiger partial charge on any atom is 0.146 e. The fraction of sp³-hybridized carbons (Fsp3) is 0.294. The zero-order chi connectivity index (χ0) is 14.5. The van der Waals surface area contributed by atoms with E-state index in [-0.39, 0.29) is 11.7 Å². The quantitative estimate of drug-likeness (QED) is 0.801. The van der Waals surface area contributed by atoms with Crippen molar-refractivity contribution in [1.29, 1.82) is 0 Å². The van der Waals surface area contributed by atoms with Crippen molar-refractivity contribution in [2.24, 2.45) is 0 Å². The number of hydrogen-bond donors (Lipinski definition) is 1. The summed E-state index contributed by atoms with van der Waals surface area (Å²) in [5.41, 5.74) is 2.55. The Balaban J connectivity index is 2.21. The Morgan fingerprint density at radius 2 is 1.70 bits per heavy atom. The first-order valence-corrected chi connectivity index (χ1v) is 6.94. The van der Waals surface area contributed by atoms with Gasteiger partial charge in [-0.05, 0) is 42.2 Å². The van der Waals surface area contributed by atoms with Crippen LogP contribution in [0, 0.1) is 11.6 Å². The van der Waals surface area contributed by atoms with Gasteiger partial charge in [-0.1, -0.05) is 38.1 Å². The summed E-state index contributed by atoms with van der Waals surface area (Å²) in [5.74, 6) is -0.875. The summed E-state index contributed by atoms with van der Waals surface area (Å²) in [5, 5.41) is 3.08. The van der Waals surface area contributed by atoms with Crippen LogP contribution in [0.3, 0.4) is 0 Å². The highest BCUT2D eigenvalue weighted by atomic mass is 19.1. The van der Waals surface area contributed by atoms with Gasteiger partial charge in [-0.25, -0.2) is 8.78 Å². The topological polar surface area (TPSA) is 12.0 Å². The smallest absolute Gasteiger partial charge is 0.146 e. The Hall–Kier alpha value is -1.90. The van der Waals surface area contributed by atoms with Gasteiger partial charge in [0.1, 0.15) is 11.6 Å². The van der Waals surface area contributed by atoms with Crippen LogP contribution in [0.1, 0.15) is 37.4 Å². The highest BCUT2D eigenvalue weighted by molar-refractivity contribution is 5.47. The molecule has 2 rings (SSSR count). The van der Waals surface area contributed by atoms with Gasteiger partial charge in [0.25, 0.3) is 0 Å². The third kappa shape index (κ3) is 3.35. The fourth-order valence-electron chi connectivity index (χ4n) is 2.20. The Labute approximate surface area is 118 Å². The lowest BCUT2D eigenvalue weighted by Gasteiger charge is -2.19. The first-order chi connectivity index (χ1) is 9.63. The van der Waals surface area contributed by atoms with E-state index in [2.05, 4.69) is 24.4 Å². The molecule has 0 spiro atoms. The lowest BCUT2D eigenvalue weighted by atomic mass is 10.0. The van der Waals surface area contributed by atoms with Crippen LogP contribution in [0.15, 0.2) is 42.5 Å². The van der Waals surface area contributed by atoms with Crippen LogP contribution in [-0.2, 0) is 6.42 Å². The molecular weight excluding hydrogens is 256 g/mol. The third-order valence-electron chi connectivity index (χ3n) is 3.46. The SMILES string of the molecule is CCc1ccc(C(CC)Nc2cc(F)ccc2F)cc1. The maximum absolute atomic E-state index is 13.7. The minimum atomic E-state index is -0.440. The molecule has 3 heteroatoms. The molecular formula is C17H19F2N. The molecule has 0 amide bonds. The molecule has 1 atom stereocenters. The summed E-state index contributed by atoms with van der Waals surface area (Å²) in [6.45, 7) is 4.12. The van der Waals surface area contributed by atoms with Crippen LogP contribution in [0.5, 0.6) is 0 Å².